The number of amides is 1. The Morgan fingerprint density at radius 3 is 2.65 bits per heavy atom. The van der Waals surface area contributed by atoms with Crippen molar-refractivity contribution in [2.24, 2.45) is 0 Å². The molecule has 0 aliphatic rings. The van der Waals surface area contributed by atoms with Crippen LogP contribution in [0, 0.1) is 6.92 Å². The monoisotopic (exact) mass is 333 g/mol. The van der Waals surface area contributed by atoms with Crippen molar-refractivity contribution in [3.8, 4) is 11.5 Å². The molecule has 1 amide bonds. The Kier molecular flexibility index (Phi) is 5.60. The highest BCUT2D eigenvalue weighted by molar-refractivity contribution is 6.30. The van der Waals surface area contributed by atoms with E-state index in [4.69, 9.17) is 21.1 Å². The minimum absolute atomic E-state index is 0.208. The van der Waals surface area contributed by atoms with Crippen LogP contribution in [0.4, 0.5) is 5.69 Å². The highest BCUT2D eigenvalue weighted by Crippen LogP contribution is 2.27. The van der Waals surface area contributed by atoms with Gasteiger partial charge in [-0.05, 0) is 48.9 Å². The molecule has 0 fully saturated rings. The number of nitrogens with one attached hydrogen (secondary N) is 1. The number of aldehydes is 1. The highest BCUT2D eigenvalue weighted by Gasteiger charge is 2.10. The first-order valence-corrected chi connectivity index (χ1v) is 7.23. The van der Waals surface area contributed by atoms with Crippen molar-refractivity contribution >= 4 is 29.5 Å². The SMILES string of the molecule is COc1ccc(C=O)cc1OCC(=O)Nc1ccc(Cl)cc1C. The number of rotatable bonds is 6. The van der Waals surface area contributed by atoms with E-state index in [0.29, 0.717) is 34.1 Å². The van der Waals surface area contributed by atoms with E-state index < -0.39 is 0 Å². The Balaban J connectivity index is 2.03. The van der Waals surface area contributed by atoms with E-state index in [1.54, 1.807) is 30.3 Å². The van der Waals surface area contributed by atoms with Crippen LogP contribution in [-0.2, 0) is 4.79 Å². The molecule has 0 atom stereocenters. The standard InChI is InChI=1S/C17H16ClNO4/c1-11-7-13(18)4-5-14(11)19-17(21)10-23-16-8-12(9-20)3-6-15(16)22-2/h3-9H,10H2,1-2H3,(H,19,21). The molecule has 23 heavy (non-hydrogen) atoms. The van der Waals surface area contributed by atoms with Gasteiger partial charge in [0.25, 0.3) is 5.91 Å². The third kappa shape index (κ3) is 4.47. The van der Waals surface area contributed by atoms with Crippen molar-refractivity contribution < 1.29 is 19.1 Å². The summed E-state index contributed by atoms with van der Waals surface area (Å²) < 4.78 is 10.6. The molecule has 0 unspecified atom stereocenters. The first-order chi connectivity index (χ1) is 11.0. The summed E-state index contributed by atoms with van der Waals surface area (Å²) in [5.41, 5.74) is 1.96. The molecule has 2 aromatic carbocycles. The molecule has 0 aliphatic heterocycles. The number of aryl methyl sites for hydroxylation is 1. The van der Waals surface area contributed by atoms with E-state index in [9.17, 15) is 9.59 Å². The zero-order valence-corrected chi connectivity index (χ0v) is 13.5. The summed E-state index contributed by atoms with van der Waals surface area (Å²) in [5, 5.41) is 3.34. The van der Waals surface area contributed by atoms with Crippen LogP contribution < -0.4 is 14.8 Å². The molecule has 0 aromatic heterocycles. The summed E-state index contributed by atoms with van der Waals surface area (Å²) in [7, 11) is 1.49. The van der Waals surface area contributed by atoms with Gasteiger partial charge in [0, 0.05) is 16.3 Å². The third-order valence-corrected chi connectivity index (χ3v) is 3.38. The number of hydrogen-bond donors (Lipinski definition) is 1. The maximum absolute atomic E-state index is 12.0. The zero-order valence-electron chi connectivity index (χ0n) is 12.8. The number of hydrogen-bond acceptors (Lipinski definition) is 4. The first-order valence-electron chi connectivity index (χ1n) is 6.85. The summed E-state index contributed by atoms with van der Waals surface area (Å²) in [5.74, 6) is 0.458. The van der Waals surface area contributed by atoms with Gasteiger partial charge >= 0.3 is 0 Å². The molecule has 2 rings (SSSR count). The lowest BCUT2D eigenvalue weighted by Gasteiger charge is -2.12. The number of methoxy groups -OCH3 is 1. The zero-order chi connectivity index (χ0) is 16.8. The van der Waals surface area contributed by atoms with Crippen LogP contribution >= 0.6 is 11.6 Å². The average molecular weight is 334 g/mol. The van der Waals surface area contributed by atoms with Crippen molar-refractivity contribution in [1.82, 2.24) is 0 Å². The second kappa shape index (κ2) is 7.65. The number of anilines is 1. The van der Waals surface area contributed by atoms with Crippen molar-refractivity contribution in [3.63, 3.8) is 0 Å². The first kappa shape index (κ1) is 16.8. The maximum Gasteiger partial charge on any atom is 0.262 e. The van der Waals surface area contributed by atoms with Gasteiger partial charge in [-0.1, -0.05) is 11.6 Å². The van der Waals surface area contributed by atoms with Gasteiger partial charge < -0.3 is 14.8 Å². The van der Waals surface area contributed by atoms with Crippen LogP contribution in [0.5, 0.6) is 11.5 Å². The minimum Gasteiger partial charge on any atom is -0.493 e. The van der Waals surface area contributed by atoms with Gasteiger partial charge in [-0.15, -0.1) is 0 Å². The fraction of sp³-hybridized carbons (Fsp3) is 0.176. The van der Waals surface area contributed by atoms with E-state index in [1.807, 2.05) is 6.92 Å². The highest BCUT2D eigenvalue weighted by atomic mass is 35.5. The van der Waals surface area contributed by atoms with E-state index in [1.165, 1.54) is 13.2 Å². The molecule has 2 aromatic rings. The second-order valence-corrected chi connectivity index (χ2v) is 5.26. The normalized spacial score (nSPS) is 10.0. The predicted octanol–water partition coefficient (Wildman–Crippen LogP) is 3.49. The molecule has 0 aliphatic carbocycles. The summed E-state index contributed by atoms with van der Waals surface area (Å²) in [6.45, 7) is 1.64. The van der Waals surface area contributed by atoms with Crippen LogP contribution in [0.15, 0.2) is 36.4 Å². The van der Waals surface area contributed by atoms with Crippen LogP contribution in [0.3, 0.4) is 0 Å². The van der Waals surface area contributed by atoms with Gasteiger partial charge in [-0.3, -0.25) is 9.59 Å². The van der Waals surface area contributed by atoms with Crippen LogP contribution in [0.1, 0.15) is 15.9 Å². The number of halogens is 1. The van der Waals surface area contributed by atoms with E-state index in [-0.39, 0.29) is 12.5 Å². The van der Waals surface area contributed by atoms with Gasteiger partial charge in [0.05, 0.1) is 7.11 Å². The quantitative estimate of drug-likeness (QED) is 0.822. The number of ether oxygens (including phenoxy) is 2. The molecule has 0 spiro atoms. The van der Waals surface area contributed by atoms with Crippen molar-refractivity contribution in [2.75, 3.05) is 19.0 Å². The minimum atomic E-state index is -0.325. The molecular weight excluding hydrogens is 318 g/mol. The molecule has 0 bridgehead atoms. The van der Waals surface area contributed by atoms with Crippen LogP contribution in [0.2, 0.25) is 5.02 Å². The van der Waals surface area contributed by atoms with Crippen molar-refractivity contribution in [2.45, 2.75) is 6.92 Å². The Morgan fingerprint density at radius 1 is 1.22 bits per heavy atom. The largest absolute Gasteiger partial charge is 0.493 e. The van der Waals surface area contributed by atoms with Gasteiger partial charge in [0.15, 0.2) is 18.1 Å². The maximum atomic E-state index is 12.0. The molecule has 5 nitrogen and oxygen atoms in total. The average Bonchev–Trinajstić information content (AvgIpc) is 2.55. The molecule has 120 valence electrons. The smallest absolute Gasteiger partial charge is 0.262 e. The van der Waals surface area contributed by atoms with Gasteiger partial charge in [-0.2, -0.15) is 0 Å². The second-order valence-electron chi connectivity index (χ2n) is 4.82. The Bertz CT molecular complexity index is 731. The predicted molar refractivity (Wildman–Crippen MR) is 88.7 cm³/mol. The van der Waals surface area contributed by atoms with E-state index >= 15 is 0 Å². The summed E-state index contributed by atoms with van der Waals surface area (Å²) in [6, 6.07) is 9.92. The fourth-order valence-corrected chi connectivity index (χ4v) is 2.20. The summed E-state index contributed by atoms with van der Waals surface area (Å²) >= 11 is 5.88. The van der Waals surface area contributed by atoms with Gasteiger partial charge in [-0.25, -0.2) is 0 Å². The van der Waals surface area contributed by atoms with Gasteiger partial charge in [0.2, 0.25) is 0 Å². The summed E-state index contributed by atoms with van der Waals surface area (Å²) in [4.78, 5) is 22.8. The Hall–Kier alpha value is -2.53. The van der Waals surface area contributed by atoms with Gasteiger partial charge in [0.1, 0.15) is 6.29 Å². The molecule has 0 heterocycles. The lowest BCUT2D eigenvalue weighted by Crippen LogP contribution is -2.20. The Labute approximate surface area is 139 Å². The molecule has 6 heteroatoms. The van der Waals surface area contributed by atoms with Crippen LogP contribution in [0.25, 0.3) is 0 Å². The molecular formula is C17H16ClNO4. The van der Waals surface area contributed by atoms with Crippen LogP contribution in [-0.4, -0.2) is 25.9 Å². The molecule has 0 saturated carbocycles. The Morgan fingerprint density at radius 2 is 2.00 bits per heavy atom. The molecule has 0 radical (unpaired) electrons. The molecule has 1 N–H and O–H groups in total. The fourth-order valence-electron chi connectivity index (χ4n) is 1.98. The number of carbonyl (C=O) groups excluding carboxylic acids is 2. The van der Waals surface area contributed by atoms with E-state index in [2.05, 4.69) is 5.32 Å². The van der Waals surface area contributed by atoms with Crippen molar-refractivity contribution in [3.05, 3.63) is 52.5 Å². The topological polar surface area (TPSA) is 64.6 Å². The summed E-state index contributed by atoms with van der Waals surface area (Å²) in [6.07, 6.45) is 0.698. The van der Waals surface area contributed by atoms with E-state index in [0.717, 1.165) is 5.56 Å². The van der Waals surface area contributed by atoms with Crippen molar-refractivity contribution in [1.29, 1.82) is 0 Å². The molecule has 0 saturated heterocycles. The third-order valence-electron chi connectivity index (χ3n) is 3.15. The lowest BCUT2D eigenvalue weighted by molar-refractivity contribution is -0.118. The number of benzene rings is 2. The number of carbonyl (C=O) groups is 2. The lowest BCUT2D eigenvalue weighted by atomic mass is 10.2.